The molecular weight excluding hydrogens is 262 g/mol. The Kier molecular flexibility index (Phi) is 2.89. The Morgan fingerprint density at radius 1 is 1.40 bits per heavy atom. The van der Waals surface area contributed by atoms with Crippen molar-refractivity contribution >= 4 is 23.2 Å². The molecule has 0 unspecified atom stereocenters. The molecule has 1 fully saturated rings. The Hall–Kier alpha value is -2.44. The normalized spacial score (nSPS) is 24.4. The molecule has 0 saturated heterocycles. The van der Waals surface area contributed by atoms with Gasteiger partial charge in [-0.1, -0.05) is 12.1 Å². The summed E-state index contributed by atoms with van der Waals surface area (Å²) < 4.78 is 0. The molecule has 1 aliphatic carbocycles. The molecule has 2 atom stereocenters. The average molecular weight is 275 g/mol. The van der Waals surface area contributed by atoms with E-state index < -0.39 is 16.9 Å². The Labute approximate surface area is 114 Å². The van der Waals surface area contributed by atoms with Gasteiger partial charge in [0.25, 0.3) is 0 Å². The number of rotatable bonds is 2. The second kappa shape index (κ2) is 4.59. The first-order chi connectivity index (χ1) is 9.58. The van der Waals surface area contributed by atoms with Crippen molar-refractivity contribution in [2.75, 3.05) is 16.8 Å². The fourth-order valence-corrected chi connectivity index (χ4v) is 2.47. The van der Waals surface area contributed by atoms with Crippen LogP contribution in [0.15, 0.2) is 24.3 Å². The minimum Gasteiger partial charge on any atom is -0.324 e. The van der Waals surface area contributed by atoms with Gasteiger partial charge in [0.05, 0.1) is 11.4 Å². The molecule has 7 heteroatoms. The van der Waals surface area contributed by atoms with Crippen molar-refractivity contribution in [3.05, 3.63) is 34.4 Å². The molecule has 2 amide bonds. The first kappa shape index (κ1) is 12.6. The van der Waals surface area contributed by atoms with Crippen molar-refractivity contribution in [3.8, 4) is 0 Å². The van der Waals surface area contributed by atoms with Gasteiger partial charge < -0.3 is 10.2 Å². The van der Waals surface area contributed by atoms with E-state index >= 15 is 0 Å². The lowest BCUT2D eigenvalue weighted by Crippen LogP contribution is -2.34. The molecule has 1 aromatic rings. The summed E-state index contributed by atoms with van der Waals surface area (Å²) in [4.78, 5) is 35.8. The van der Waals surface area contributed by atoms with Crippen LogP contribution in [0.2, 0.25) is 0 Å². The summed E-state index contributed by atoms with van der Waals surface area (Å²) in [6.07, 6.45) is 0.474. The van der Waals surface area contributed by atoms with Crippen molar-refractivity contribution < 1.29 is 14.5 Å². The van der Waals surface area contributed by atoms with E-state index in [4.69, 9.17) is 0 Å². The second-order valence-corrected chi connectivity index (χ2v) is 5.00. The van der Waals surface area contributed by atoms with Crippen LogP contribution in [0.3, 0.4) is 0 Å². The smallest absolute Gasteiger partial charge is 0.237 e. The van der Waals surface area contributed by atoms with Crippen molar-refractivity contribution in [3.63, 3.8) is 0 Å². The predicted molar refractivity (Wildman–Crippen MR) is 70.9 cm³/mol. The summed E-state index contributed by atoms with van der Waals surface area (Å²) in [6, 6.07) is 6.22. The largest absolute Gasteiger partial charge is 0.324 e. The van der Waals surface area contributed by atoms with Gasteiger partial charge in [0.2, 0.25) is 17.9 Å². The van der Waals surface area contributed by atoms with Gasteiger partial charge in [-0.3, -0.25) is 19.7 Å². The number of carbonyl (C=O) groups is 2. The van der Waals surface area contributed by atoms with Gasteiger partial charge in [0.1, 0.15) is 5.92 Å². The summed E-state index contributed by atoms with van der Waals surface area (Å²) in [6.45, 7) is 0.253. The number of hydrogen-bond donors (Lipinski definition) is 1. The third-order valence-corrected chi connectivity index (χ3v) is 3.64. The summed E-state index contributed by atoms with van der Waals surface area (Å²) in [7, 11) is 0. The fourth-order valence-electron chi connectivity index (χ4n) is 2.47. The maximum atomic E-state index is 12.4. The maximum absolute atomic E-state index is 12.4. The molecule has 1 saturated carbocycles. The first-order valence-electron chi connectivity index (χ1n) is 6.41. The van der Waals surface area contributed by atoms with Crippen molar-refractivity contribution in [2.45, 2.75) is 18.9 Å². The van der Waals surface area contributed by atoms with Crippen molar-refractivity contribution in [2.24, 2.45) is 5.92 Å². The van der Waals surface area contributed by atoms with Gasteiger partial charge in [-0.15, -0.1) is 0 Å². The monoisotopic (exact) mass is 275 g/mol. The van der Waals surface area contributed by atoms with Crippen LogP contribution < -0.4 is 10.2 Å². The van der Waals surface area contributed by atoms with Crippen LogP contribution in [0, 0.1) is 16.0 Å². The number of benzene rings is 1. The molecular formula is C13H13N3O4. The zero-order valence-corrected chi connectivity index (χ0v) is 10.6. The molecule has 1 heterocycles. The molecule has 1 N–H and O–H groups in total. The second-order valence-electron chi connectivity index (χ2n) is 5.00. The Morgan fingerprint density at radius 3 is 2.85 bits per heavy atom. The highest BCUT2D eigenvalue weighted by Gasteiger charge is 2.55. The van der Waals surface area contributed by atoms with Gasteiger partial charge >= 0.3 is 0 Å². The molecule has 0 radical (unpaired) electrons. The minimum atomic E-state index is -0.776. The lowest BCUT2D eigenvalue weighted by atomic mass is 10.2. The van der Waals surface area contributed by atoms with Crippen LogP contribution >= 0.6 is 0 Å². The lowest BCUT2D eigenvalue weighted by molar-refractivity contribution is -0.497. The maximum Gasteiger partial charge on any atom is 0.237 e. The van der Waals surface area contributed by atoms with Crippen LogP contribution in [-0.4, -0.2) is 29.3 Å². The molecule has 7 nitrogen and oxygen atoms in total. The van der Waals surface area contributed by atoms with Crippen molar-refractivity contribution in [1.29, 1.82) is 0 Å². The van der Waals surface area contributed by atoms with Gasteiger partial charge in [0.15, 0.2) is 0 Å². The highest BCUT2D eigenvalue weighted by Crippen LogP contribution is 2.38. The molecule has 2 aliphatic rings. The Balaban J connectivity index is 1.88. The zero-order valence-electron chi connectivity index (χ0n) is 10.6. The third-order valence-electron chi connectivity index (χ3n) is 3.64. The molecule has 3 rings (SSSR count). The van der Waals surface area contributed by atoms with Crippen LogP contribution in [-0.2, 0) is 9.59 Å². The van der Waals surface area contributed by atoms with Gasteiger partial charge in [-0.05, 0) is 12.1 Å². The van der Waals surface area contributed by atoms with E-state index in [1.54, 1.807) is 24.3 Å². The SMILES string of the molecule is O=C1CCN(C(=O)[C@@H]2C[C@H]2[N+](=O)[O-])c2ccccc2N1. The third kappa shape index (κ3) is 2.11. The predicted octanol–water partition coefficient (Wildman–Crippen LogP) is 1.03. The lowest BCUT2D eigenvalue weighted by Gasteiger charge is -2.21. The van der Waals surface area contributed by atoms with Gasteiger partial charge in [-0.2, -0.15) is 0 Å². The summed E-state index contributed by atoms with van der Waals surface area (Å²) in [5.74, 6) is -0.990. The number of nitrogens with zero attached hydrogens (tertiary/aromatic N) is 2. The number of carbonyl (C=O) groups excluding carboxylic acids is 2. The molecule has 1 aliphatic heterocycles. The van der Waals surface area contributed by atoms with Gasteiger partial charge in [0, 0.05) is 24.3 Å². The van der Waals surface area contributed by atoms with Crippen LogP contribution in [0.5, 0.6) is 0 Å². The number of hydrogen-bond acceptors (Lipinski definition) is 4. The number of anilines is 2. The Morgan fingerprint density at radius 2 is 2.15 bits per heavy atom. The minimum absolute atomic E-state index is 0.158. The molecule has 0 aromatic heterocycles. The van der Waals surface area contributed by atoms with Crippen LogP contribution in [0.25, 0.3) is 0 Å². The van der Waals surface area contributed by atoms with E-state index in [-0.39, 0.29) is 31.2 Å². The van der Waals surface area contributed by atoms with E-state index in [1.807, 2.05) is 0 Å². The standard InChI is InChI=1S/C13H13N3O4/c17-12-5-6-15(10-4-2-1-3-9(10)14-12)13(18)8-7-11(8)16(19)20/h1-4,8,11H,5-7H2,(H,14,17)/t8-,11-/m1/s1. The van der Waals surface area contributed by atoms with Crippen LogP contribution in [0.4, 0.5) is 11.4 Å². The fraction of sp³-hybridized carbons (Fsp3) is 0.385. The number of para-hydroxylation sites is 2. The van der Waals surface area contributed by atoms with E-state index in [9.17, 15) is 19.7 Å². The molecule has 1 aromatic carbocycles. The van der Waals surface area contributed by atoms with Crippen molar-refractivity contribution in [1.82, 2.24) is 0 Å². The first-order valence-corrected chi connectivity index (χ1v) is 6.41. The molecule has 104 valence electrons. The molecule has 0 spiro atoms. The zero-order chi connectivity index (χ0) is 14.3. The number of fused-ring (bicyclic) bond motifs is 1. The topological polar surface area (TPSA) is 92.5 Å². The summed E-state index contributed by atoms with van der Waals surface area (Å²) in [5, 5.41) is 13.4. The summed E-state index contributed by atoms with van der Waals surface area (Å²) in [5.41, 5.74) is 1.18. The number of nitro groups is 1. The van der Waals surface area contributed by atoms with E-state index in [0.717, 1.165) is 0 Å². The molecule has 20 heavy (non-hydrogen) atoms. The van der Waals surface area contributed by atoms with Crippen LogP contribution in [0.1, 0.15) is 12.8 Å². The number of nitrogens with one attached hydrogen (secondary N) is 1. The summed E-state index contributed by atoms with van der Waals surface area (Å²) >= 11 is 0. The van der Waals surface area contributed by atoms with E-state index in [1.165, 1.54) is 4.90 Å². The quantitative estimate of drug-likeness (QED) is 0.644. The Bertz CT molecular complexity index is 601. The van der Waals surface area contributed by atoms with Gasteiger partial charge in [-0.25, -0.2) is 0 Å². The van der Waals surface area contributed by atoms with E-state index in [0.29, 0.717) is 11.4 Å². The average Bonchev–Trinajstić information content (AvgIpc) is 3.21. The van der Waals surface area contributed by atoms with E-state index in [2.05, 4.69) is 5.32 Å². The highest BCUT2D eigenvalue weighted by molar-refractivity contribution is 6.05. The highest BCUT2D eigenvalue weighted by atomic mass is 16.6. The molecule has 0 bridgehead atoms. The number of amides is 2.